The molecule has 0 fully saturated rings. The number of aliphatic hydroxyl groups is 1. The van der Waals surface area contributed by atoms with Crippen molar-refractivity contribution >= 4 is 15.9 Å². The lowest BCUT2D eigenvalue weighted by Crippen LogP contribution is -2.23. The van der Waals surface area contributed by atoms with Crippen molar-refractivity contribution in [1.82, 2.24) is 9.78 Å². The SMILES string of the molecule is Cc1nn(CC(O)COc2ccccc2)cc1Br. The van der Waals surface area contributed by atoms with Gasteiger partial charge in [-0.1, -0.05) is 18.2 Å². The molecule has 1 unspecified atom stereocenters. The third-order valence-electron chi connectivity index (χ3n) is 2.47. The van der Waals surface area contributed by atoms with E-state index < -0.39 is 6.10 Å². The molecule has 2 aromatic rings. The predicted molar refractivity (Wildman–Crippen MR) is 72.6 cm³/mol. The van der Waals surface area contributed by atoms with Crippen LogP contribution in [0.1, 0.15) is 5.69 Å². The van der Waals surface area contributed by atoms with E-state index in [9.17, 15) is 5.11 Å². The Kier molecular flexibility index (Phi) is 4.38. The van der Waals surface area contributed by atoms with E-state index in [0.717, 1.165) is 15.9 Å². The minimum Gasteiger partial charge on any atom is -0.491 e. The normalized spacial score (nSPS) is 12.4. The van der Waals surface area contributed by atoms with E-state index in [1.54, 1.807) is 4.68 Å². The average molecular weight is 311 g/mol. The monoisotopic (exact) mass is 310 g/mol. The molecule has 0 saturated heterocycles. The first-order valence-corrected chi connectivity index (χ1v) is 6.50. The maximum atomic E-state index is 9.86. The van der Waals surface area contributed by atoms with Gasteiger partial charge in [0.15, 0.2) is 0 Å². The minimum atomic E-state index is -0.587. The summed E-state index contributed by atoms with van der Waals surface area (Å²) < 4.78 is 8.12. The maximum Gasteiger partial charge on any atom is 0.119 e. The number of aromatic nitrogens is 2. The van der Waals surface area contributed by atoms with Crippen LogP contribution in [0.15, 0.2) is 41.0 Å². The molecule has 0 amide bonds. The second-order valence-electron chi connectivity index (χ2n) is 4.06. The maximum absolute atomic E-state index is 9.86. The summed E-state index contributed by atoms with van der Waals surface area (Å²) >= 11 is 3.39. The van der Waals surface area contributed by atoms with E-state index in [0.29, 0.717) is 6.54 Å². The number of para-hydroxylation sites is 1. The summed E-state index contributed by atoms with van der Waals surface area (Å²) in [5.41, 5.74) is 0.908. The Morgan fingerprint density at radius 2 is 2.11 bits per heavy atom. The Bertz CT molecular complexity index is 479. The molecule has 0 saturated carbocycles. The lowest BCUT2D eigenvalue weighted by molar-refractivity contribution is 0.0892. The van der Waals surface area contributed by atoms with E-state index in [2.05, 4.69) is 21.0 Å². The molecular formula is C13H15BrN2O2. The van der Waals surface area contributed by atoms with Gasteiger partial charge in [0.2, 0.25) is 0 Å². The van der Waals surface area contributed by atoms with Crippen molar-refractivity contribution in [3.8, 4) is 5.75 Å². The summed E-state index contributed by atoms with van der Waals surface area (Å²) in [6, 6.07) is 9.45. The molecule has 0 aliphatic rings. The van der Waals surface area contributed by atoms with Crippen molar-refractivity contribution in [2.45, 2.75) is 19.6 Å². The molecule has 1 N–H and O–H groups in total. The number of rotatable bonds is 5. The summed E-state index contributed by atoms with van der Waals surface area (Å²) in [6.07, 6.45) is 1.26. The third kappa shape index (κ3) is 3.58. The Labute approximate surface area is 114 Å². The van der Waals surface area contributed by atoms with Gasteiger partial charge >= 0.3 is 0 Å². The smallest absolute Gasteiger partial charge is 0.119 e. The molecule has 0 aliphatic heterocycles. The number of benzene rings is 1. The molecule has 1 heterocycles. The predicted octanol–water partition coefficient (Wildman–Crippen LogP) is 2.39. The molecule has 18 heavy (non-hydrogen) atoms. The van der Waals surface area contributed by atoms with Crippen molar-refractivity contribution < 1.29 is 9.84 Å². The van der Waals surface area contributed by atoms with Crippen LogP contribution in [0.25, 0.3) is 0 Å². The number of halogens is 1. The fourth-order valence-corrected chi connectivity index (χ4v) is 1.88. The molecule has 2 rings (SSSR count). The van der Waals surface area contributed by atoms with Gasteiger partial charge in [-0.05, 0) is 35.0 Å². The van der Waals surface area contributed by atoms with Crippen LogP contribution in [-0.4, -0.2) is 27.6 Å². The van der Waals surface area contributed by atoms with Gasteiger partial charge in [-0.3, -0.25) is 4.68 Å². The molecule has 5 heteroatoms. The summed E-state index contributed by atoms with van der Waals surface area (Å²) in [6.45, 7) is 2.58. The zero-order valence-corrected chi connectivity index (χ0v) is 11.7. The zero-order valence-electron chi connectivity index (χ0n) is 10.1. The summed E-state index contributed by atoms with van der Waals surface area (Å²) in [5, 5.41) is 14.1. The topological polar surface area (TPSA) is 47.3 Å². The van der Waals surface area contributed by atoms with E-state index >= 15 is 0 Å². The molecule has 0 radical (unpaired) electrons. The number of ether oxygens (including phenoxy) is 1. The molecule has 1 atom stereocenters. The van der Waals surface area contributed by atoms with Crippen LogP contribution in [-0.2, 0) is 6.54 Å². The highest BCUT2D eigenvalue weighted by atomic mass is 79.9. The Morgan fingerprint density at radius 3 is 2.72 bits per heavy atom. The Hall–Kier alpha value is -1.33. The van der Waals surface area contributed by atoms with Gasteiger partial charge in [-0.15, -0.1) is 0 Å². The van der Waals surface area contributed by atoms with Gasteiger partial charge < -0.3 is 9.84 Å². The standard InChI is InChI=1S/C13H15BrN2O2/c1-10-13(14)8-16(15-10)7-11(17)9-18-12-5-3-2-4-6-12/h2-6,8,11,17H,7,9H2,1H3. The van der Waals surface area contributed by atoms with Crippen LogP contribution < -0.4 is 4.74 Å². The van der Waals surface area contributed by atoms with E-state index in [4.69, 9.17) is 4.74 Å². The Morgan fingerprint density at radius 1 is 1.39 bits per heavy atom. The van der Waals surface area contributed by atoms with Crippen LogP contribution in [0.3, 0.4) is 0 Å². The van der Waals surface area contributed by atoms with Crippen LogP contribution >= 0.6 is 15.9 Å². The van der Waals surface area contributed by atoms with Crippen LogP contribution in [0, 0.1) is 6.92 Å². The molecule has 0 bridgehead atoms. The highest BCUT2D eigenvalue weighted by Gasteiger charge is 2.09. The van der Waals surface area contributed by atoms with Gasteiger partial charge in [-0.25, -0.2) is 0 Å². The molecule has 1 aromatic carbocycles. The molecule has 4 nitrogen and oxygen atoms in total. The van der Waals surface area contributed by atoms with Crippen molar-refractivity contribution in [2.24, 2.45) is 0 Å². The number of nitrogens with zero attached hydrogens (tertiary/aromatic N) is 2. The first-order valence-electron chi connectivity index (χ1n) is 5.70. The molecule has 1 aromatic heterocycles. The third-order valence-corrected chi connectivity index (χ3v) is 3.25. The highest BCUT2D eigenvalue weighted by Crippen LogP contribution is 2.14. The van der Waals surface area contributed by atoms with Crippen molar-refractivity contribution in [3.05, 3.63) is 46.7 Å². The van der Waals surface area contributed by atoms with Gasteiger partial charge in [0, 0.05) is 6.20 Å². The van der Waals surface area contributed by atoms with Crippen LogP contribution in [0.2, 0.25) is 0 Å². The zero-order chi connectivity index (χ0) is 13.0. The number of hydrogen-bond acceptors (Lipinski definition) is 3. The number of aliphatic hydroxyl groups excluding tert-OH is 1. The van der Waals surface area contributed by atoms with Gasteiger partial charge in [0.05, 0.1) is 16.7 Å². The van der Waals surface area contributed by atoms with E-state index in [-0.39, 0.29) is 6.61 Å². The van der Waals surface area contributed by atoms with Gasteiger partial charge in [0.25, 0.3) is 0 Å². The fourth-order valence-electron chi connectivity index (χ4n) is 1.56. The molecule has 0 spiro atoms. The summed E-state index contributed by atoms with van der Waals surface area (Å²) in [5.74, 6) is 0.759. The van der Waals surface area contributed by atoms with Gasteiger partial charge in [-0.2, -0.15) is 5.10 Å². The summed E-state index contributed by atoms with van der Waals surface area (Å²) in [7, 11) is 0. The lowest BCUT2D eigenvalue weighted by atomic mass is 10.3. The molecular weight excluding hydrogens is 296 g/mol. The van der Waals surface area contributed by atoms with Crippen LogP contribution in [0.4, 0.5) is 0 Å². The first kappa shape index (κ1) is 13.1. The Balaban J connectivity index is 1.84. The highest BCUT2D eigenvalue weighted by molar-refractivity contribution is 9.10. The summed E-state index contributed by atoms with van der Waals surface area (Å²) in [4.78, 5) is 0. The largest absolute Gasteiger partial charge is 0.491 e. The van der Waals surface area contributed by atoms with Crippen molar-refractivity contribution in [3.63, 3.8) is 0 Å². The molecule has 96 valence electrons. The average Bonchev–Trinajstić information content (AvgIpc) is 2.67. The lowest BCUT2D eigenvalue weighted by Gasteiger charge is -2.12. The number of aryl methyl sites for hydroxylation is 1. The molecule has 0 aliphatic carbocycles. The first-order chi connectivity index (χ1) is 8.65. The quantitative estimate of drug-likeness (QED) is 0.922. The van der Waals surface area contributed by atoms with E-state index in [1.165, 1.54) is 0 Å². The van der Waals surface area contributed by atoms with Crippen LogP contribution in [0.5, 0.6) is 5.75 Å². The van der Waals surface area contributed by atoms with Gasteiger partial charge in [0.1, 0.15) is 18.5 Å². The second-order valence-corrected chi connectivity index (χ2v) is 4.92. The van der Waals surface area contributed by atoms with Crippen molar-refractivity contribution in [2.75, 3.05) is 6.61 Å². The van der Waals surface area contributed by atoms with Crippen molar-refractivity contribution in [1.29, 1.82) is 0 Å². The minimum absolute atomic E-state index is 0.251. The second kappa shape index (κ2) is 6.02. The number of hydrogen-bond donors (Lipinski definition) is 1. The van der Waals surface area contributed by atoms with E-state index in [1.807, 2.05) is 43.5 Å². The fraction of sp³-hybridized carbons (Fsp3) is 0.308.